The molecule has 4 nitrogen and oxygen atoms in total. The van der Waals surface area contributed by atoms with Gasteiger partial charge in [-0.1, -0.05) is 34.4 Å². The van der Waals surface area contributed by atoms with Crippen molar-refractivity contribution < 1.29 is 32.3 Å². The number of alkyl halides is 3. The number of carboxylic acid groups (broad SMARTS) is 1. The van der Waals surface area contributed by atoms with Gasteiger partial charge in [0, 0.05) is 12.0 Å². The van der Waals surface area contributed by atoms with Crippen LogP contribution in [0.3, 0.4) is 0 Å². The Morgan fingerprint density at radius 1 is 1.21 bits per heavy atom. The predicted octanol–water partition coefficient (Wildman–Crippen LogP) is 5.72. The lowest BCUT2D eigenvalue weighted by Gasteiger charge is -2.29. The zero-order valence-corrected chi connectivity index (χ0v) is 15.6. The lowest BCUT2D eigenvalue weighted by atomic mass is 9.86. The van der Waals surface area contributed by atoms with Crippen molar-refractivity contribution in [3.8, 4) is 0 Å². The minimum Gasteiger partial charge on any atom is -0.478 e. The normalized spacial score (nSPS) is 19.3. The lowest BCUT2D eigenvalue weighted by molar-refractivity contribution is -0.275. The first kappa shape index (κ1) is 20.4. The van der Waals surface area contributed by atoms with E-state index in [1.54, 1.807) is 0 Å². The molecule has 0 bridgehead atoms. The van der Waals surface area contributed by atoms with Gasteiger partial charge in [0.15, 0.2) is 5.82 Å². The summed E-state index contributed by atoms with van der Waals surface area (Å²) in [6, 6.07) is 5.62. The molecule has 0 aromatic heterocycles. The minimum atomic E-state index is -4.92. The molecule has 0 unspecified atom stereocenters. The SMILES string of the molecule is Cc1cc(C2=NO[C@](c3cc(Cl)c(F)c(Cl)c3)(C(F)(F)F)C2)ccc1C(=O)O. The number of aromatic carboxylic acids is 1. The van der Waals surface area contributed by atoms with E-state index in [0.717, 1.165) is 12.1 Å². The summed E-state index contributed by atoms with van der Waals surface area (Å²) in [4.78, 5) is 15.9. The summed E-state index contributed by atoms with van der Waals surface area (Å²) in [6.45, 7) is 1.51. The van der Waals surface area contributed by atoms with E-state index < -0.39 is 45.6 Å². The zero-order chi connectivity index (χ0) is 20.9. The molecule has 1 aliphatic rings. The van der Waals surface area contributed by atoms with Crippen molar-refractivity contribution in [2.24, 2.45) is 5.16 Å². The Morgan fingerprint density at radius 3 is 2.32 bits per heavy atom. The Morgan fingerprint density at radius 2 is 1.82 bits per heavy atom. The molecule has 1 atom stereocenters. The summed E-state index contributed by atoms with van der Waals surface area (Å²) >= 11 is 11.3. The maximum atomic E-state index is 13.9. The van der Waals surface area contributed by atoms with Gasteiger partial charge in [0.05, 0.1) is 21.3 Å². The second kappa shape index (κ2) is 6.93. The molecule has 0 spiro atoms. The molecule has 1 N–H and O–H groups in total. The van der Waals surface area contributed by atoms with E-state index in [-0.39, 0.29) is 16.8 Å². The van der Waals surface area contributed by atoms with Crippen molar-refractivity contribution in [3.05, 3.63) is 68.4 Å². The number of rotatable bonds is 3. The lowest BCUT2D eigenvalue weighted by Crippen LogP contribution is -2.42. The van der Waals surface area contributed by atoms with Crippen molar-refractivity contribution in [1.29, 1.82) is 0 Å². The Hall–Kier alpha value is -2.32. The first-order chi connectivity index (χ1) is 13.0. The van der Waals surface area contributed by atoms with Crippen molar-refractivity contribution in [2.75, 3.05) is 0 Å². The fraction of sp³-hybridized carbons (Fsp3) is 0.222. The van der Waals surface area contributed by atoms with Crippen LogP contribution in [0.15, 0.2) is 35.5 Å². The Balaban J connectivity index is 2.04. The molecular weight excluding hydrogens is 425 g/mol. The van der Waals surface area contributed by atoms with Crippen LogP contribution >= 0.6 is 23.2 Å². The minimum absolute atomic E-state index is 0.0162. The number of hydrogen-bond donors (Lipinski definition) is 1. The third-order valence-electron chi connectivity index (χ3n) is 4.43. The maximum Gasteiger partial charge on any atom is 0.435 e. The maximum absolute atomic E-state index is 13.9. The average Bonchev–Trinajstić information content (AvgIpc) is 3.05. The van der Waals surface area contributed by atoms with Gasteiger partial charge in [-0.2, -0.15) is 13.2 Å². The topological polar surface area (TPSA) is 58.9 Å². The third-order valence-corrected chi connectivity index (χ3v) is 4.98. The summed E-state index contributed by atoms with van der Waals surface area (Å²) in [5, 5.41) is 11.5. The highest BCUT2D eigenvalue weighted by Gasteiger charge is 2.62. The molecule has 0 fully saturated rings. The number of benzene rings is 2. The molecular formula is C18H11Cl2F4NO3. The van der Waals surface area contributed by atoms with Crippen LogP contribution in [-0.4, -0.2) is 23.0 Å². The molecule has 0 amide bonds. The molecule has 0 radical (unpaired) electrons. The number of carbonyl (C=O) groups is 1. The van der Waals surface area contributed by atoms with E-state index in [1.807, 2.05) is 0 Å². The van der Waals surface area contributed by atoms with E-state index in [0.29, 0.717) is 5.56 Å². The second-order valence-electron chi connectivity index (χ2n) is 6.22. The van der Waals surface area contributed by atoms with Gasteiger partial charge in [0.1, 0.15) is 0 Å². The van der Waals surface area contributed by atoms with Crippen LogP contribution in [0, 0.1) is 12.7 Å². The largest absolute Gasteiger partial charge is 0.478 e. The number of hydrogen-bond acceptors (Lipinski definition) is 3. The van der Waals surface area contributed by atoms with Crippen LogP contribution in [-0.2, 0) is 10.4 Å². The van der Waals surface area contributed by atoms with Crippen LogP contribution in [0.5, 0.6) is 0 Å². The fourth-order valence-electron chi connectivity index (χ4n) is 2.93. The summed E-state index contributed by atoms with van der Waals surface area (Å²) in [5.41, 5.74) is -2.80. The molecule has 0 saturated carbocycles. The standard InChI is InChI=1S/C18H11Cl2F4NO3/c1-8-4-9(2-3-11(8)16(26)27)14-7-17(28-25-14,18(22,23)24)10-5-12(19)15(21)13(20)6-10/h2-6H,7H2,1H3,(H,26,27)/t17-/m1/s1. The van der Waals surface area contributed by atoms with Crippen molar-refractivity contribution >= 4 is 34.9 Å². The van der Waals surface area contributed by atoms with Gasteiger partial charge in [-0.15, -0.1) is 0 Å². The monoisotopic (exact) mass is 435 g/mol. The van der Waals surface area contributed by atoms with Crippen LogP contribution in [0.4, 0.5) is 17.6 Å². The average molecular weight is 436 g/mol. The predicted molar refractivity (Wildman–Crippen MR) is 94.5 cm³/mol. The van der Waals surface area contributed by atoms with Crippen molar-refractivity contribution in [3.63, 3.8) is 0 Å². The molecule has 2 aromatic rings. The van der Waals surface area contributed by atoms with Gasteiger partial charge in [-0.25, -0.2) is 9.18 Å². The molecule has 10 heteroatoms. The summed E-state index contributed by atoms with van der Waals surface area (Å²) in [7, 11) is 0. The van der Waals surface area contributed by atoms with Crippen LogP contribution in [0.2, 0.25) is 10.0 Å². The number of nitrogens with zero attached hydrogens (tertiary/aromatic N) is 1. The van der Waals surface area contributed by atoms with Crippen molar-refractivity contribution in [1.82, 2.24) is 0 Å². The first-order valence-electron chi connectivity index (χ1n) is 7.77. The molecule has 28 heavy (non-hydrogen) atoms. The highest BCUT2D eigenvalue weighted by atomic mass is 35.5. The van der Waals surface area contributed by atoms with Crippen molar-refractivity contribution in [2.45, 2.75) is 25.1 Å². The van der Waals surface area contributed by atoms with Gasteiger partial charge < -0.3 is 9.94 Å². The van der Waals surface area contributed by atoms with E-state index >= 15 is 0 Å². The third kappa shape index (κ3) is 3.31. The van der Waals surface area contributed by atoms with Gasteiger partial charge in [-0.05, 0) is 42.3 Å². The smallest absolute Gasteiger partial charge is 0.435 e. The van der Waals surface area contributed by atoms with Gasteiger partial charge >= 0.3 is 12.1 Å². The number of carboxylic acids is 1. The molecule has 2 aromatic carbocycles. The van der Waals surface area contributed by atoms with Crippen LogP contribution in [0.25, 0.3) is 0 Å². The first-order valence-corrected chi connectivity index (χ1v) is 8.53. The summed E-state index contributed by atoms with van der Waals surface area (Å²) in [6.07, 6.45) is -5.64. The quantitative estimate of drug-likeness (QED) is 0.495. The highest BCUT2D eigenvalue weighted by Crippen LogP contribution is 2.50. The zero-order valence-electron chi connectivity index (χ0n) is 14.1. The molecule has 0 aliphatic carbocycles. The van der Waals surface area contributed by atoms with Crippen LogP contribution in [0.1, 0.15) is 33.5 Å². The second-order valence-corrected chi connectivity index (χ2v) is 7.03. The Bertz CT molecular complexity index is 984. The highest BCUT2D eigenvalue weighted by molar-refractivity contribution is 6.35. The van der Waals surface area contributed by atoms with Gasteiger partial charge in [0.25, 0.3) is 5.60 Å². The summed E-state index contributed by atoms with van der Waals surface area (Å²) in [5.74, 6) is -2.20. The molecule has 148 valence electrons. The molecule has 1 heterocycles. The van der Waals surface area contributed by atoms with E-state index in [4.69, 9.17) is 33.1 Å². The number of oxime groups is 1. The Labute approximate surface area is 166 Å². The van der Waals surface area contributed by atoms with Crippen LogP contribution < -0.4 is 0 Å². The number of halogens is 6. The van der Waals surface area contributed by atoms with E-state index in [9.17, 15) is 22.4 Å². The van der Waals surface area contributed by atoms with Gasteiger partial charge in [-0.3, -0.25) is 0 Å². The number of aryl methyl sites for hydroxylation is 1. The Kier molecular flexibility index (Phi) is 5.05. The molecule has 1 aliphatic heterocycles. The fourth-order valence-corrected chi connectivity index (χ4v) is 3.42. The molecule has 0 saturated heterocycles. The van der Waals surface area contributed by atoms with Gasteiger partial charge in [0.2, 0.25) is 0 Å². The summed E-state index contributed by atoms with van der Waals surface area (Å²) < 4.78 is 55.5. The molecule has 3 rings (SSSR count). The van der Waals surface area contributed by atoms with E-state index in [1.165, 1.54) is 25.1 Å². The van der Waals surface area contributed by atoms with E-state index in [2.05, 4.69) is 5.16 Å².